The summed E-state index contributed by atoms with van der Waals surface area (Å²) in [5.41, 5.74) is 0.519. The average Bonchev–Trinajstić information content (AvgIpc) is 3.26. The Hall–Kier alpha value is -2.82. The molecule has 1 aromatic carbocycles. The fourth-order valence-electron chi connectivity index (χ4n) is 4.22. The molecule has 33 heavy (non-hydrogen) atoms. The van der Waals surface area contributed by atoms with Gasteiger partial charge in [-0.25, -0.2) is 4.98 Å². The number of hydrogen-bond donors (Lipinski definition) is 1. The second-order valence-corrected chi connectivity index (χ2v) is 8.28. The van der Waals surface area contributed by atoms with Gasteiger partial charge in [0, 0.05) is 23.9 Å². The van der Waals surface area contributed by atoms with Crippen LogP contribution in [0.3, 0.4) is 0 Å². The average molecular weight is 470 g/mol. The van der Waals surface area contributed by atoms with Crippen LogP contribution in [0.15, 0.2) is 42.1 Å². The summed E-state index contributed by atoms with van der Waals surface area (Å²) in [5, 5.41) is 18.3. The molecule has 1 N–H and O–H groups in total. The number of hydrogen-bond acceptors (Lipinski definition) is 7. The van der Waals surface area contributed by atoms with Crippen molar-refractivity contribution in [3.63, 3.8) is 0 Å². The van der Waals surface area contributed by atoms with Gasteiger partial charge in [0.05, 0.1) is 18.9 Å². The monoisotopic (exact) mass is 470 g/mol. The molecule has 1 aliphatic carbocycles. The number of nitrogens with zero attached hydrogens (tertiary/aromatic N) is 4. The van der Waals surface area contributed by atoms with Gasteiger partial charge in [-0.3, -0.25) is 4.68 Å². The minimum Gasteiger partial charge on any atom is -0.493 e. The van der Waals surface area contributed by atoms with Crippen molar-refractivity contribution in [2.75, 3.05) is 19.8 Å². The minimum atomic E-state index is -4.74. The van der Waals surface area contributed by atoms with E-state index in [0.29, 0.717) is 31.9 Å². The van der Waals surface area contributed by atoms with Gasteiger partial charge in [0.15, 0.2) is 0 Å². The molecule has 1 aliphatic rings. The van der Waals surface area contributed by atoms with Crippen molar-refractivity contribution in [1.82, 2.24) is 14.8 Å². The predicted molar refractivity (Wildman–Crippen MR) is 114 cm³/mol. The molecule has 3 rings (SSSR count). The molecule has 0 bridgehead atoms. The van der Waals surface area contributed by atoms with E-state index >= 15 is 0 Å². The summed E-state index contributed by atoms with van der Waals surface area (Å²) >= 11 is 0. The molecule has 11 heteroatoms. The van der Waals surface area contributed by atoms with Gasteiger partial charge in [0.25, 0.3) is 0 Å². The minimum absolute atomic E-state index is 0.0329. The molecule has 0 saturated heterocycles. The van der Waals surface area contributed by atoms with E-state index in [-0.39, 0.29) is 29.6 Å². The SMILES string of the molecule is CCON=C1[C@@H](Cn2cncn2)[C@H](COc2ccc(OC(F)(F)F)cc2)CC[C@@]1(C)CCO. The number of ether oxygens (including phenoxy) is 2. The quantitative estimate of drug-likeness (QED) is 0.527. The molecule has 1 aromatic heterocycles. The van der Waals surface area contributed by atoms with E-state index in [4.69, 9.17) is 9.57 Å². The first-order valence-corrected chi connectivity index (χ1v) is 10.9. The van der Waals surface area contributed by atoms with Crippen LogP contribution < -0.4 is 9.47 Å². The Bertz CT molecular complexity index is 890. The second kappa shape index (κ2) is 10.9. The van der Waals surface area contributed by atoms with Gasteiger partial charge in [-0.1, -0.05) is 12.1 Å². The van der Waals surface area contributed by atoms with Crippen molar-refractivity contribution in [1.29, 1.82) is 0 Å². The van der Waals surface area contributed by atoms with E-state index in [1.807, 2.05) is 6.92 Å². The number of oxime groups is 1. The van der Waals surface area contributed by atoms with Crippen LogP contribution in [0.5, 0.6) is 11.5 Å². The highest BCUT2D eigenvalue weighted by Crippen LogP contribution is 2.43. The van der Waals surface area contributed by atoms with E-state index in [0.717, 1.165) is 18.6 Å². The van der Waals surface area contributed by atoms with Gasteiger partial charge < -0.3 is 19.4 Å². The lowest BCUT2D eigenvalue weighted by Gasteiger charge is -2.43. The first-order chi connectivity index (χ1) is 15.7. The largest absolute Gasteiger partial charge is 0.573 e. The van der Waals surface area contributed by atoms with Gasteiger partial charge in [-0.05, 0) is 50.5 Å². The topological polar surface area (TPSA) is 91.0 Å². The zero-order valence-corrected chi connectivity index (χ0v) is 18.7. The van der Waals surface area contributed by atoms with Crippen molar-refractivity contribution >= 4 is 5.71 Å². The molecule has 0 aliphatic heterocycles. The van der Waals surface area contributed by atoms with Gasteiger partial charge in [-0.15, -0.1) is 13.2 Å². The van der Waals surface area contributed by atoms with Crippen molar-refractivity contribution in [2.45, 2.75) is 46.0 Å². The van der Waals surface area contributed by atoms with E-state index in [9.17, 15) is 18.3 Å². The van der Waals surface area contributed by atoms with Gasteiger partial charge in [-0.2, -0.15) is 5.10 Å². The summed E-state index contributed by atoms with van der Waals surface area (Å²) in [4.78, 5) is 9.46. The lowest BCUT2D eigenvalue weighted by atomic mass is 9.63. The molecule has 0 unspecified atom stereocenters. The maximum Gasteiger partial charge on any atom is 0.573 e. The highest BCUT2D eigenvalue weighted by atomic mass is 19.4. The number of alkyl halides is 3. The van der Waals surface area contributed by atoms with E-state index < -0.39 is 6.36 Å². The van der Waals surface area contributed by atoms with Crippen LogP contribution in [0.4, 0.5) is 13.2 Å². The van der Waals surface area contributed by atoms with Crippen LogP contribution in [0.2, 0.25) is 0 Å². The Labute approximate surface area is 190 Å². The Morgan fingerprint density at radius 1 is 1.24 bits per heavy atom. The molecule has 3 atom stereocenters. The molecule has 182 valence electrons. The molecular formula is C22H29F3N4O4. The lowest BCUT2D eigenvalue weighted by Crippen LogP contribution is -2.46. The van der Waals surface area contributed by atoms with Crippen LogP contribution in [0.1, 0.15) is 33.1 Å². The Balaban J connectivity index is 1.77. The Kier molecular flexibility index (Phi) is 8.17. The third kappa shape index (κ3) is 6.83. The standard InChI is InChI=1S/C22H29F3N4O4/c1-3-32-28-20-19(12-29-15-26-14-27-29)16(8-9-21(20,2)10-11-30)13-31-17-4-6-18(7-5-17)33-22(23,24)25/h4-7,14-16,19,30H,3,8-13H2,1-2H3/t16-,19-,21-/m0/s1. The predicted octanol–water partition coefficient (Wildman–Crippen LogP) is 4.06. The summed E-state index contributed by atoms with van der Waals surface area (Å²) in [6.45, 7) is 5.23. The van der Waals surface area contributed by atoms with Crippen molar-refractivity contribution < 1.29 is 32.6 Å². The number of halogens is 3. The highest BCUT2D eigenvalue weighted by Gasteiger charge is 2.44. The first-order valence-electron chi connectivity index (χ1n) is 10.9. The number of aliphatic hydroxyl groups is 1. The third-order valence-electron chi connectivity index (χ3n) is 5.93. The van der Waals surface area contributed by atoms with Crippen LogP contribution in [-0.4, -0.2) is 51.8 Å². The Morgan fingerprint density at radius 3 is 2.58 bits per heavy atom. The van der Waals surface area contributed by atoms with Gasteiger partial charge in [0.2, 0.25) is 0 Å². The maximum absolute atomic E-state index is 12.4. The van der Waals surface area contributed by atoms with E-state index in [1.165, 1.54) is 30.6 Å². The summed E-state index contributed by atoms with van der Waals surface area (Å²) in [6, 6.07) is 5.33. The fourth-order valence-corrected chi connectivity index (χ4v) is 4.22. The third-order valence-corrected chi connectivity index (χ3v) is 5.93. The second-order valence-electron chi connectivity index (χ2n) is 8.28. The lowest BCUT2D eigenvalue weighted by molar-refractivity contribution is -0.274. The van der Waals surface area contributed by atoms with Gasteiger partial charge in [0.1, 0.15) is 30.8 Å². The van der Waals surface area contributed by atoms with Crippen LogP contribution >= 0.6 is 0 Å². The molecular weight excluding hydrogens is 441 g/mol. The molecule has 0 radical (unpaired) electrons. The molecule has 0 spiro atoms. The van der Waals surface area contributed by atoms with Crippen molar-refractivity contribution in [3.8, 4) is 11.5 Å². The van der Waals surface area contributed by atoms with Gasteiger partial charge >= 0.3 is 6.36 Å². The normalized spacial score (nSPS) is 24.6. The summed E-state index contributed by atoms with van der Waals surface area (Å²) < 4.78 is 48.7. The highest BCUT2D eigenvalue weighted by molar-refractivity contribution is 5.92. The van der Waals surface area contributed by atoms with Crippen LogP contribution in [-0.2, 0) is 11.4 Å². The smallest absolute Gasteiger partial charge is 0.493 e. The van der Waals surface area contributed by atoms with Crippen LogP contribution in [0, 0.1) is 17.3 Å². The molecule has 1 fully saturated rings. The zero-order valence-electron chi connectivity index (χ0n) is 18.7. The summed E-state index contributed by atoms with van der Waals surface area (Å²) in [6.07, 6.45) is 0.520. The summed E-state index contributed by atoms with van der Waals surface area (Å²) in [7, 11) is 0. The molecule has 1 saturated carbocycles. The molecule has 8 nitrogen and oxygen atoms in total. The fraction of sp³-hybridized carbons (Fsp3) is 0.591. The Morgan fingerprint density at radius 2 is 1.97 bits per heavy atom. The molecule has 0 amide bonds. The van der Waals surface area contributed by atoms with E-state index in [1.54, 1.807) is 11.0 Å². The molecule has 1 heterocycles. The number of rotatable bonds is 10. The van der Waals surface area contributed by atoms with E-state index in [2.05, 4.69) is 26.9 Å². The number of benzene rings is 1. The number of aliphatic hydroxyl groups excluding tert-OH is 1. The molecule has 2 aromatic rings. The maximum atomic E-state index is 12.4. The number of aromatic nitrogens is 3. The van der Waals surface area contributed by atoms with Crippen molar-refractivity contribution in [2.24, 2.45) is 22.4 Å². The van der Waals surface area contributed by atoms with Crippen molar-refractivity contribution in [3.05, 3.63) is 36.9 Å². The zero-order chi connectivity index (χ0) is 23.9. The van der Waals surface area contributed by atoms with Crippen LogP contribution in [0.25, 0.3) is 0 Å². The first kappa shape index (κ1) is 24.8. The summed E-state index contributed by atoms with van der Waals surface area (Å²) in [5.74, 6) is 0.0983.